The molecule has 1 N–H and O–H groups in total. The molecule has 20 heavy (non-hydrogen) atoms. The van der Waals surface area contributed by atoms with Crippen LogP contribution in [0, 0.1) is 5.82 Å². The molecule has 0 atom stereocenters. The van der Waals surface area contributed by atoms with E-state index in [0.717, 1.165) is 4.90 Å². The van der Waals surface area contributed by atoms with Gasteiger partial charge in [0.15, 0.2) is 0 Å². The number of carbonyl (C=O) groups is 2. The first-order valence-electron chi connectivity index (χ1n) is 5.73. The maximum Gasteiger partial charge on any atom is 0.354 e. The van der Waals surface area contributed by atoms with Crippen LogP contribution < -0.4 is 4.90 Å². The Balaban J connectivity index is 2.34. The van der Waals surface area contributed by atoms with Gasteiger partial charge in [0.1, 0.15) is 17.2 Å². The van der Waals surface area contributed by atoms with Crippen LogP contribution in [0.25, 0.3) is 0 Å². The lowest BCUT2D eigenvalue weighted by Gasteiger charge is -2.17. The van der Waals surface area contributed by atoms with Crippen molar-refractivity contribution in [1.82, 2.24) is 4.98 Å². The molecule has 0 aliphatic heterocycles. The number of nitrogens with zero attached hydrogens (tertiary/aromatic N) is 2. The maximum atomic E-state index is 13.6. The number of carbonyl (C=O) groups excluding carboxylic acids is 1. The molecular formula is C14H11FN2O3. The summed E-state index contributed by atoms with van der Waals surface area (Å²) >= 11 is 0. The Labute approximate surface area is 114 Å². The topological polar surface area (TPSA) is 70.5 Å². The number of benzene rings is 1. The second kappa shape index (κ2) is 5.48. The molecule has 0 unspecified atom stereocenters. The number of rotatable bonds is 3. The van der Waals surface area contributed by atoms with Crippen LogP contribution in [0.4, 0.5) is 10.1 Å². The number of para-hydroxylation sites is 1. The van der Waals surface area contributed by atoms with Crippen molar-refractivity contribution in [2.24, 2.45) is 0 Å². The minimum absolute atomic E-state index is 0.0596. The Morgan fingerprint density at radius 2 is 1.75 bits per heavy atom. The third kappa shape index (κ3) is 2.64. The van der Waals surface area contributed by atoms with Crippen LogP contribution in [0.15, 0.2) is 42.5 Å². The van der Waals surface area contributed by atoms with E-state index in [1.165, 1.54) is 43.4 Å². The van der Waals surface area contributed by atoms with Gasteiger partial charge in [0.2, 0.25) is 0 Å². The van der Waals surface area contributed by atoms with E-state index in [2.05, 4.69) is 4.98 Å². The first-order valence-corrected chi connectivity index (χ1v) is 5.73. The van der Waals surface area contributed by atoms with Gasteiger partial charge in [0.25, 0.3) is 5.91 Å². The quantitative estimate of drug-likeness (QED) is 0.931. The minimum Gasteiger partial charge on any atom is -0.477 e. The third-order valence-corrected chi connectivity index (χ3v) is 2.71. The molecule has 0 saturated heterocycles. The van der Waals surface area contributed by atoms with Gasteiger partial charge in [-0.3, -0.25) is 4.79 Å². The van der Waals surface area contributed by atoms with E-state index in [1.807, 2.05) is 0 Å². The molecule has 5 nitrogen and oxygen atoms in total. The zero-order chi connectivity index (χ0) is 14.7. The van der Waals surface area contributed by atoms with Crippen LogP contribution >= 0.6 is 0 Å². The van der Waals surface area contributed by atoms with Gasteiger partial charge < -0.3 is 10.0 Å². The lowest BCUT2D eigenvalue weighted by Crippen LogP contribution is -2.28. The van der Waals surface area contributed by atoms with Crippen molar-refractivity contribution in [3.05, 3.63) is 59.7 Å². The lowest BCUT2D eigenvalue weighted by molar-refractivity contribution is 0.0690. The van der Waals surface area contributed by atoms with Crippen molar-refractivity contribution in [2.75, 3.05) is 11.9 Å². The predicted molar refractivity (Wildman–Crippen MR) is 70.3 cm³/mol. The number of aromatic nitrogens is 1. The third-order valence-electron chi connectivity index (χ3n) is 2.71. The average Bonchev–Trinajstić information content (AvgIpc) is 2.46. The smallest absolute Gasteiger partial charge is 0.354 e. The van der Waals surface area contributed by atoms with E-state index in [4.69, 9.17) is 5.11 Å². The second-order valence-corrected chi connectivity index (χ2v) is 4.03. The number of hydrogen-bond acceptors (Lipinski definition) is 3. The van der Waals surface area contributed by atoms with Gasteiger partial charge >= 0.3 is 5.97 Å². The molecule has 0 radical (unpaired) electrons. The predicted octanol–water partition coefficient (Wildman–Crippen LogP) is 2.20. The van der Waals surface area contributed by atoms with Gasteiger partial charge in [-0.15, -0.1) is 0 Å². The van der Waals surface area contributed by atoms with Crippen molar-refractivity contribution >= 4 is 17.6 Å². The van der Waals surface area contributed by atoms with Crippen molar-refractivity contribution < 1.29 is 19.1 Å². The summed E-state index contributed by atoms with van der Waals surface area (Å²) < 4.78 is 13.6. The molecule has 1 aromatic heterocycles. The van der Waals surface area contributed by atoms with Crippen LogP contribution in [0.5, 0.6) is 0 Å². The van der Waals surface area contributed by atoms with E-state index < -0.39 is 17.7 Å². The molecule has 2 rings (SSSR count). The number of aromatic carboxylic acids is 1. The van der Waals surface area contributed by atoms with Gasteiger partial charge in [-0.2, -0.15) is 0 Å². The maximum absolute atomic E-state index is 13.6. The first kappa shape index (κ1) is 13.7. The molecule has 0 bridgehead atoms. The number of hydrogen-bond donors (Lipinski definition) is 1. The van der Waals surface area contributed by atoms with Crippen LogP contribution in [0.2, 0.25) is 0 Å². The summed E-state index contributed by atoms with van der Waals surface area (Å²) in [5.74, 6) is -2.36. The van der Waals surface area contributed by atoms with Gasteiger partial charge in [0.05, 0.1) is 5.69 Å². The molecule has 0 spiro atoms. The number of carboxylic acid groups (broad SMARTS) is 1. The molecule has 0 saturated carbocycles. The highest BCUT2D eigenvalue weighted by Gasteiger charge is 2.18. The Hall–Kier alpha value is -2.76. The Kier molecular flexibility index (Phi) is 3.74. The van der Waals surface area contributed by atoms with Gasteiger partial charge in [-0.25, -0.2) is 14.2 Å². The fourth-order valence-corrected chi connectivity index (χ4v) is 1.68. The van der Waals surface area contributed by atoms with Gasteiger partial charge in [0, 0.05) is 7.05 Å². The summed E-state index contributed by atoms with van der Waals surface area (Å²) in [4.78, 5) is 27.8. The zero-order valence-electron chi connectivity index (χ0n) is 10.6. The van der Waals surface area contributed by atoms with Crippen molar-refractivity contribution in [3.63, 3.8) is 0 Å². The summed E-state index contributed by atoms with van der Waals surface area (Å²) in [5.41, 5.74) is -0.200. The number of halogens is 1. The Bertz CT molecular complexity index is 673. The van der Waals surface area contributed by atoms with Crippen molar-refractivity contribution in [1.29, 1.82) is 0 Å². The molecule has 0 aliphatic rings. The average molecular weight is 274 g/mol. The lowest BCUT2D eigenvalue weighted by atomic mass is 10.2. The summed E-state index contributed by atoms with van der Waals surface area (Å²) in [6.07, 6.45) is 0. The minimum atomic E-state index is -1.23. The van der Waals surface area contributed by atoms with E-state index in [9.17, 15) is 14.0 Å². The standard InChI is InChI=1S/C14H11FN2O3/c1-17(12-8-3-2-5-9(12)15)13(18)10-6-4-7-11(16-10)14(19)20/h2-8H,1H3,(H,19,20). The molecular weight excluding hydrogens is 263 g/mol. The molecule has 6 heteroatoms. The fraction of sp³-hybridized carbons (Fsp3) is 0.0714. The number of carboxylic acids is 1. The molecule has 102 valence electrons. The Morgan fingerprint density at radius 3 is 2.40 bits per heavy atom. The Morgan fingerprint density at radius 1 is 1.10 bits per heavy atom. The zero-order valence-corrected chi connectivity index (χ0v) is 10.6. The van der Waals surface area contributed by atoms with Gasteiger partial charge in [-0.1, -0.05) is 18.2 Å². The number of anilines is 1. The van der Waals surface area contributed by atoms with E-state index >= 15 is 0 Å². The molecule has 0 aliphatic carbocycles. The van der Waals surface area contributed by atoms with E-state index in [-0.39, 0.29) is 17.1 Å². The normalized spacial score (nSPS) is 10.1. The summed E-state index contributed by atoms with van der Waals surface area (Å²) in [5, 5.41) is 8.84. The molecule has 0 fully saturated rings. The molecule has 1 amide bonds. The number of amides is 1. The van der Waals surface area contributed by atoms with Crippen LogP contribution in [-0.2, 0) is 0 Å². The van der Waals surface area contributed by atoms with Crippen molar-refractivity contribution in [2.45, 2.75) is 0 Å². The first-order chi connectivity index (χ1) is 9.50. The largest absolute Gasteiger partial charge is 0.477 e. The highest BCUT2D eigenvalue weighted by molar-refractivity contribution is 6.05. The summed E-state index contributed by atoms with van der Waals surface area (Å²) in [6.45, 7) is 0. The van der Waals surface area contributed by atoms with Crippen LogP contribution in [0.1, 0.15) is 21.0 Å². The van der Waals surface area contributed by atoms with Crippen LogP contribution in [-0.4, -0.2) is 29.0 Å². The highest BCUT2D eigenvalue weighted by atomic mass is 19.1. The highest BCUT2D eigenvalue weighted by Crippen LogP contribution is 2.18. The summed E-state index contributed by atoms with van der Waals surface area (Å²) in [7, 11) is 1.40. The van der Waals surface area contributed by atoms with Crippen LogP contribution in [0.3, 0.4) is 0 Å². The van der Waals surface area contributed by atoms with E-state index in [0.29, 0.717) is 0 Å². The molecule has 1 heterocycles. The monoisotopic (exact) mass is 274 g/mol. The van der Waals surface area contributed by atoms with Gasteiger partial charge in [-0.05, 0) is 24.3 Å². The van der Waals surface area contributed by atoms with Crippen molar-refractivity contribution in [3.8, 4) is 0 Å². The molecule has 2 aromatic rings. The molecule has 1 aromatic carbocycles. The fourth-order valence-electron chi connectivity index (χ4n) is 1.68. The second-order valence-electron chi connectivity index (χ2n) is 4.03. The number of pyridine rings is 1. The summed E-state index contributed by atoms with van der Waals surface area (Å²) in [6, 6.07) is 9.88. The SMILES string of the molecule is CN(C(=O)c1cccc(C(=O)O)n1)c1ccccc1F. The van der Waals surface area contributed by atoms with E-state index in [1.54, 1.807) is 6.07 Å².